The predicted octanol–water partition coefficient (Wildman–Crippen LogP) is 5.11. The summed E-state index contributed by atoms with van der Waals surface area (Å²) in [6, 6.07) is 23.6. The topological polar surface area (TPSA) is 88.2 Å². The lowest BCUT2D eigenvalue weighted by Gasteiger charge is -2.35. The Kier molecular flexibility index (Phi) is 8.45. The van der Waals surface area contributed by atoms with Crippen molar-refractivity contribution < 1.29 is 23.9 Å². The number of carbonyl (C=O) groups is 3. The highest BCUT2D eigenvalue weighted by Gasteiger charge is 2.39. The van der Waals surface area contributed by atoms with E-state index in [1.807, 2.05) is 62.4 Å². The van der Waals surface area contributed by atoms with E-state index in [9.17, 15) is 14.4 Å². The van der Waals surface area contributed by atoms with Gasteiger partial charge in [0, 0.05) is 19.6 Å². The molecule has 1 atom stereocenters. The molecule has 1 N–H and O–H groups in total. The van der Waals surface area contributed by atoms with E-state index in [0.29, 0.717) is 17.2 Å². The summed E-state index contributed by atoms with van der Waals surface area (Å²) in [6.45, 7) is 5.99. The van der Waals surface area contributed by atoms with Crippen molar-refractivity contribution in [2.45, 2.75) is 45.4 Å². The van der Waals surface area contributed by atoms with E-state index in [1.54, 1.807) is 18.2 Å². The molecule has 208 valence electrons. The summed E-state index contributed by atoms with van der Waals surface area (Å²) in [5.74, 6) is -0.426. The second-order valence-corrected chi connectivity index (χ2v) is 10.7. The van der Waals surface area contributed by atoms with Crippen LogP contribution in [0.3, 0.4) is 0 Å². The number of benzene rings is 3. The first-order valence-electron chi connectivity index (χ1n) is 13.8. The monoisotopic (exact) mass is 541 g/mol. The molecule has 3 aromatic rings. The van der Waals surface area contributed by atoms with Crippen molar-refractivity contribution in [3.63, 3.8) is 0 Å². The number of nitrogens with one attached hydrogen (secondary N) is 1. The minimum atomic E-state index is -0.898. The fraction of sp³-hybridized carbons (Fsp3) is 0.344. The lowest BCUT2D eigenvalue weighted by molar-refractivity contribution is -0.158. The van der Waals surface area contributed by atoms with Gasteiger partial charge in [-0.1, -0.05) is 62.4 Å². The fourth-order valence-corrected chi connectivity index (χ4v) is 5.31. The van der Waals surface area contributed by atoms with Crippen LogP contribution in [-0.2, 0) is 20.9 Å². The predicted molar refractivity (Wildman–Crippen MR) is 152 cm³/mol. The van der Waals surface area contributed by atoms with E-state index in [2.05, 4.69) is 22.3 Å². The lowest BCUT2D eigenvalue weighted by atomic mass is 10.0. The van der Waals surface area contributed by atoms with Crippen molar-refractivity contribution in [3.05, 3.63) is 90.0 Å². The molecule has 3 aromatic carbocycles. The number of piperidine rings is 1. The maximum atomic E-state index is 13.8. The molecule has 0 radical (unpaired) electrons. The second-order valence-electron chi connectivity index (χ2n) is 10.7. The van der Waals surface area contributed by atoms with E-state index in [0.717, 1.165) is 32.5 Å². The Morgan fingerprint density at radius 3 is 2.27 bits per heavy atom. The van der Waals surface area contributed by atoms with Crippen molar-refractivity contribution in [3.8, 4) is 11.5 Å². The number of hydrogen-bond acceptors (Lipinski definition) is 6. The minimum absolute atomic E-state index is 0.227. The van der Waals surface area contributed by atoms with Crippen LogP contribution in [0.2, 0.25) is 0 Å². The Morgan fingerprint density at radius 1 is 0.925 bits per heavy atom. The number of hydrogen-bond donors (Lipinski definition) is 1. The summed E-state index contributed by atoms with van der Waals surface area (Å²) in [7, 11) is 0. The molecule has 1 unspecified atom stereocenters. The zero-order valence-electron chi connectivity index (χ0n) is 22.9. The van der Waals surface area contributed by atoms with Gasteiger partial charge >= 0.3 is 5.97 Å². The number of esters is 1. The quantitative estimate of drug-likeness (QED) is 0.399. The number of amides is 2. The molecule has 0 bridgehead atoms. The third kappa shape index (κ3) is 6.51. The van der Waals surface area contributed by atoms with Crippen molar-refractivity contribution >= 4 is 23.5 Å². The van der Waals surface area contributed by atoms with Gasteiger partial charge in [0.2, 0.25) is 5.91 Å². The van der Waals surface area contributed by atoms with Crippen LogP contribution in [0.4, 0.5) is 5.69 Å². The highest BCUT2D eigenvalue weighted by atomic mass is 16.5. The Balaban J connectivity index is 1.28. The van der Waals surface area contributed by atoms with Gasteiger partial charge in [-0.05, 0) is 54.7 Å². The van der Waals surface area contributed by atoms with Gasteiger partial charge < -0.3 is 19.7 Å². The molecule has 8 nitrogen and oxygen atoms in total. The van der Waals surface area contributed by atoms with Gasteiger partial charge in [-0.25, -0.2) is 4.79 Å². The Bertz CT molecular complexity index is 1340. The first kappa shape index (κ1) is 27.4. The maximum Gasteiger partial charge on any atom is 0.329 e. The maximum absolute atomic E-state index is 13.8. The summed E-state index contributed by atoms with van der Waals surface area (Å²) >= 11 is 0. The van der Waals surface area contributed by atoms with Crippen LogP contribution in [0.5, 0.6) is 11.5 Å². The number of likely N-dealkylation sites (tertiary alicyclic amines) is 1. The van der Waals surface area contributed by atoms with Gasteiger partial charge in [0.25, 0.3) is 5.91 Å². The SMILES string of the molecule is CC(C)C(C(=O)OC1CCN(Cc2ccccc2)CC1)N1CC(=O)Nc2ccc(Oc3ccccc3)cc2C1=O. The van der Waals surface area contributed by atoms with Gasteiger partial charge in [0.1, 0.15) is 30.2 Å². The number of fused-ring (bicyclic) bond motifs is 1. The molecule has 2 heterocycles. The zero-order chi connectivity index (χ0) is 28.1. The molecule has 0 aromatic heterocycles. The number of rotatable bonds is 8. The normalized spacial score (nSPS) is 17.1. The number of ether oxygens (including phenoxy) is 2. The van der Waals surface area contributed by atoms with Crippen molar-refractivity contribution in [2.24, 2.45) is 5.92 Å². The standard InChI is InChI=1S/C32H35N3O5/c1-22(2)30(32(38)40-25-15-17-34(18-16-25)20-23-9-5-3-6-10-23)35-21-29(36)33-28-14-13-26(19-27(28)31(35)37)39-24-11-7-4-8-12-24/h3-14,19,22,25,30H,15-18,20-21H2,1-2H3,(H,33,36). The van der Waals surface area contributed by atoms with Crippen molar-refractivity contribution in [2.75, 3.05) is 25.0 Å². The molecule has 0 aliphatic carbocycles. The average Bonchev–Trinajstić information content (AvgIpc) is 3.06. The highest BCUT2D eigenvalue weighted by Crippen LogP contribution is 2.31. The summed E-state index contributed by atoms with van der Waals surface area (Å²) in [5.41, 5.74) is 1.92. The molecule has 40 heavy (non-hydrogen) atoms. The van der Waals surface area contributed by atoms with E-state index >= 15 is 0 Å². The van der Waals surface area contributed by atoms with E-state index in [4.69, 9.17) is 9.47 Å². The van der Waals surface area contributed by atoms with Crippen LogP contribution in [-0.4, -0.2) is 59.4 Å². The Labute approximate surface area is 234 Å². The number of nitrogens with zero attached hydrogens (tertiary/aromatic N) is 2. The largest absolute Gasteiger partial charge is 0.461 e. The van der Waals surface area contributed by atoms with E-state index in [-0.39, 0.29) is 30.0 Å². The molecule has 0 spiro atoms. The molecule has 1 fully saturated rings. The van der Waals surface area contributed by atoms with Crippen LogP contribution in [0.25, 0.3) is 0 Å². The minimum Gasteiger partial charge on any atom is -0.461 e. The third-order valence-electron chi connectivity index (χ3n) is 7.32. The molecule has 0 saturated carbocycles. The van der Waals surface area contributed by atoms with Gasteiger partial charge in [0.05, 0.1) is 11.3 Å². The van der Waals surface area contributed by atoms with E-state index in [1.165, 1.54) is 10.5 Å². The number of carbonyl (C=O) groups excluding carboxylic acids is 3. The van der Waals surface area contributed by atoms with Crippen LogP contribution < -0.4 is 10.1 Å². The lowest BCUT2D eigenvalue weighted by Crippen LogP contribution is -2.51. The molecular formula is C32H35N3O5. The first-order valence-corrected chi connectivity index (χ1v) is 13.8. The molecule has 2 amide bonds. The van der Waals surface area contributed by atoms with Gasteiger partial charge in [-0.2, -0.15) is 0 Å². The van der Waals surface area contributed by atoms with Gasteiger partial charge in [0.15, 0.2) is 0 Å². The van der Waals surface area contributed by atoms with Crippen molar-refractivity contribution in [1.82, 2.24) is 9.80 Å². The summed E-state index contributed by atoms with van der Waals surface area (Å²) < 4.78 is 11.9. The van der Waals surface area contributed by atoms with Crippen LogP contribution >= 0.6 is 0 Å². The molecule has 1 saturated heterocycles. The fourth-order valence-electron chi connectivity index (χ4n) is 5.31. The van der Waals surface area contributed by atoms with Crippen molar-refractivity contribution in [1.29, 1.82) is 0 Å². The molecule has 5 rings (SSSR count). The van der Waals surface area contributed by atoms with Crippen LogP contribution in [0.1, 0.15) is 42.6 Å². The Morgan fingerprint density at radius 2 is 1.60 bits per heavy atom. The zero-order valence-corrected chi connectivity index (χ0v) is 22.9. The highest BCUT2D eigenvalue weighted by molar-refractivity contribution is 6.10. The second kappa shape index (κ2) is 12.3. The average molecular weight is 542 g/mol. The van der Waals surface area contributed by atoms with Gasteiger partial charge in [-0.3, -0.25) is 14.5 Å². The van der Waals surface area contributed by atoms with Crippen LogP contribution in [0.15, 0.2) is 78.9 Å². The summed E-state index contributed by atoms with van der Waals surface area (Å²) in [4.78, 5) is 43.8. The van der Waals surface area contributed by atoms with E-state index < -0.39 is 17.9 Å². The smallest absolute Gasteiger partial charge is 0.329 e. The molecule has 2 aliphatic heterocycles. The van der Waals surface area contributed by atoms with Crippen LogP contribution in [0, 0.1) is 5.92 Å². The third-order valence-corrected chi connectivity index (χ3v) is 7.32. The summed E-state index contributed by atoms with van der Waals surface area (Å²) in [5, 5.41) is 2.80. The number of para-hydroxylation sites is 1. The number of anilines is 1. The molecule has 2 aliphatic rings. The molecular weight excluding hydrogens is 506 g/mol. The Hall–Kier alpha value is -4.17. The molecule has 8 heteroatoms. The first-order chi connectivity index (χ1) is 19.4. The summed E-state index contributed by atoms with van der Waals surface area (Å²) in [6.07, 6.45) is 1.22. The van der Waals surface area contributed by atoms with Gasteiger partial charge in [-0.15, -0.1) is 0 Å².